The molecule has 0 saturated carbocycles. The maximum absolute atomic E-state index is 13.4. The predicted molar refractivity (Wildman–Crippen MR) is 79.5 cm³/mol. The molecule has 0 aromatic heterocycles. The molecule has 20 heavy (non-hydrogen) atoms. The van der Waals surface area contributed by atoms with Crippen molar-refractivity contribution in [1.29, 1.82) is 0 Å². The smallest absolute Gasteiger partial charge is 0.123 e. The lowest BCUT2D eigenvalue weighted by Gasteiger charge is -2.18. The van der Waals surface area contributed by atoms with Gasteiger partial charge in [-0.3, -0.25) is 0 Å². The number of hydrogen-bond acceptors (Lipinski definition) is 2. The molecule has 106 valence electrons. The molecule has 1 unspecified atom stereocenters. The Morgan fingerprint density at radius 1 is 1.15 bits per heavy atom. The number of phenols is 1. The summed E-state index contributed by atoms with van der Waals surface area (Å²) in [5, 5.41) is 12.6. The quantitative estimate of drug-likeness (QED) is 0.844. The summed E-state index contributed by atoms with van der Waals surface area (Å²) >= 11 is 0. The highest BCUT2D eigenvalue weighted by Crippen LogP contribution is 2.22. The van der Waals surface area contributed by atoms with Crippen LogP contribution in [0.5, 0.6) is 5.75 Å². The van der Waals surface area contributed by atoms with Crippen LogP contribution in [0, 0.1) is 5.82 Å². The van der Waals surface area contributed by atoms with Crippen molar-refractivity contribution in [2.75, 3.05) is 13.1 Å². The molecule has 0 aliphatic heterocycles. The van der Waals surface area contributed by atoms with Crippen LogP contribution in [-0.4, -0.2) is 18.2 Å². The van der Waals surface area contributed by atoms with Gasteiger partial charge in [-0.05, 0) is 48.4 Å². The molecular weight excluding hydrogens is 253 g/mol. The van der Waals surface area contributed by atoms with Gasteiger partial charge in [0.1, 0.15) is 11.6 Å². The second kappa shape index (κ2) is 7.06. The van der Waals surface area contributed by atoms with Crippen molar-refractivity contribution in [3.8, 4) is 5.75 Å². The van der Waals surface area contributed by atoms with Crippen molar-refractivity contribution in [2.24, 2.45) is 0 Å². The molecule has 0 saturated heterocycles. The number of rotatable bonds is 6. The Morgan fingerprint density at radius 2 is 1.90 bits per heavy atom. The van der Waals surface area contributed by atoms with Gasteiger partial charge in [-0.2, -0.15) is 0 Å². The van der Waals surface area contributed by atoms with Crippen LogP contribution >= 0.6 is 0 Å². The van der Waals surface area contributed by atoms with E-state index in [9.17, 15) is 9.50 Å². The SMILES string of the molecule is CCNCC(Cc1ccc(O)cc1)c1cccc(F)c1. The minimum Gasteiger partial charge on any atom is -0.508 e. The fourth-order valence-corrected chi connectivity index (χ4v) is 2.30. The Labute approximate surface area is 119 Å². The second-order valence-corrected chi connectivity index (χ2v) is 4.93. The van der Waals surface area contributed by atoms with Crippen molar-refractivity contribution < 1.29 is 9.50 Å². The zero-order valence-corrected chi connectivity index (χ0v) is 11.6. The maximum Gasteiger partial charge on any atom is 0.123 e. The second-order valence-electron chi connectivity index (χ2n) is 4.93. The van der Waals surface area contributed by atoms with Crippen LogP contribution in [0.2, 0.25) is 0 Å². The summed E-state index contributed by atoms with van der Waals surface area (Å²) < 4.78 is 13.4. The minimum atomic E-state index is -0.199. The van der Waals surface area contributed by atoms with E-state index in [1.807, 2.05) is 18.2 Å². The fraction of sp³-hybridized carbons (Fsp3) is 0.294. The molecule has 0 aliphatic carbocycles. The predicted octanol–water partition coefficient (Wildman–Crippen LogP) is 3.47. The van der Waals surface area contributed by atoms with E-state index in [1.54, 1.807) is 24.3 Å². The van der Waals surface area contributed by atoms with Gasteiger partial charge in [-0.25, -0.2) is 4.39 Å². The Balaban J connectivity index is 2.16. The van der Waals surface area contributed by atoms with E-state index in [0.29, 0.717) is 0 Å². The first-order valence-corrected chi connectivity index (χ1v) is 6.93. The van der Waals surface area contributed by atoms with Crippen LogP contribution in [0.4, 0.5) is 4.39 Å². The first-order chi connectivity index (χ1) is 9.69. The Bertz CT molecular complexity index is 539. The Morgan fingerprint density at radius 3 is 2.55 bits per heavy atom. The molecule has 0 radical (unpaired) electrons. The number of aromatic hydroxyl groups is 1. The van der Waals surface area contributed by atoms with Gasteiger partial charge >= 0.3 is 0 Å². The largest absolute Gasteiger partial charge is 0.508 e. The lowest BCUT2D eigenvalue weighted by Crippen LogP contribution is -2.22. The number of likely N-dealkylation sites (N-methyl/N-ethyl adjacent to an activating group) is 1. The molecule has 2 aromatic carbocycles. The Hall–Kier alpha value is -1.87. The number of phenolic OH excluding ortho intramolecular Hbond substituents is 1. The summed E-state index contributed by atoms with van der Waals surface area (Å²) in [4.78, 5) is 0. The molecule has 0 bridgehead atoms. The highest BCUT2D eigenvalue weighted by atomic mass is 19.1. The molecule has 0 amide bonds. The zero-order valence-electron chi connectivity index (χ0n) is 11.6. The molecular formula is C17H20FNO. The number of hydrogen-bond donors (Lipinski definition) is 2. The minimum absolute atomic E-state index is 0.199. The van der Waals surface area contributed by atoms with E-state index in [-0.39, 0.29) is 17.5 Å². The summed E-state index contributed by atoms with van der Waals surface area (Å²) in [5.74, 6) is 0.285. The van der Waals surface area contributed by atoms with Crippen molar-refractivity contribution in [3.05, 3.63) is 65.5 Å². The highest BCUT2D eigenvalue weighted by molar-refractivity contribution is 5.29. The third-order valence-electron chi connectivity index (χ3n) is 3.38. The van der Waals surface area contributed by atoms with E-state index in [1.165, 1.54) is 6.07 Å². The van der Waals surface area contributed by atoms with Crippen molar-refractivity contribution in [3.63, 3.8) is 0 Å². The Kier molecular flexibility index (Phi) is 5.13. The van der Waals surface area contributed by atoms with Gasteiger partial charge in [0.2, 0.25) is 0 Å². The molecule has 0 fully saturated rings. The van der Waals surface area contributed by atoms with Gasteiger partial charge in [-0.15, -0.1) is 0 Å². The number of benzene rings is 2. The van der Waals surface area contributed by atoms with Gasteiger partial charge in [0, 0.05) is 12.5 Å². The molecule has 2 nitrogen and oxygen atoms in total. The van der Waals surface area contributed by atoms with Gasteiger partial charge < -0.3 is 10.4 Å². The first kappa shape index (κ1) is 14.5. The third-order valence-corrected chi connectivity index (χ3v) is 3.38. The van der Waals surface area contributed by atoms with Crippen LogP contribution in [0.15, 0.2) is 48.5 Å². The summed E-state index contributed by atoms with van der Waals surface area (Å²) in [7, 11) is 0. The summed E-state index contributed by atoms with van der Waals surface area (Å²) in [5.41, 5.74) is 2.13. The van der Waals surface area contributed by atoms with Crippen molar-refractivity contribution >= 4 is 0 Å². The van der Waals surface area contributed by atoms with Gasteiger partial charge in [0.25, 0.3) is 0 Å². The van der Waals surface area contributed by atoms with E-state index in [0.717, 1.165) is 30.6 Å². The molecule has 3 heteroatoms. The van der Waals surface area contributed by atoms with Crippen LogP contribution in [0.3, 0.4) is 0 Å². The molecule has 2 rings (SSSR count). The van der Waals surface area contributed by atoms with Crippen LogP contribution in [0.25, 0.3) is 0 Å². The van der Waals surface area contributed by atoms with E-state index >= 15 is 0 Å². The fourth-order valence-electron chi connectivity index (χ4n) is 2.30. The average molecular weight is 273 g/mol. The lowest BCUT2D eigenvalue weighted by molar-refractivity contribution is 0.475. The van der Waals surface area contributed by atoms with Gasteiger partial charge in [0.15, 0.2) is 0 Å². The van der Waals surface area contributed by atoms with E-state index in [2.05, 4.69) is 12.2 Å². The molecule has 0 heterocycles. The van der Waals surface area contributed by atoms with E-state index in [4.69, 9.17) is 0 Å². The third kappa shape index (κ3) is 4.07. The van der Waals surface area contributed by atoms with Crippen LogP contribution in [0.1, 0.15) is 24.0 Å². The van der Waals surface area contributed by atoms with Crippen molar-refractivity contribution in [1.82, 2.24) is 5.32 Å². The monoisotopic (exact) mass is 273 g/mol. The topological polar surface area (TPSA) is 32.3 Å². The average Bonchev–Trinajstić information content (AvgIpc) is 2.45. The number of halogens is 1. The highest BCUT2D eigenvalue weighted by Gasteiger charge is 2.12. The lowest BCUT2D eigenvalue weighted by atomic mass is 9.91. The van der Waals surface area contributed by atoms with Gasteiger partial charge in [-0.1, -0.05) is 31.2 Å². The first-order valence-electron chi connectivity index (χ1n) is 6.93. The van der Waals surface area contributed by atoms with Gasteiger partial charge in [0.05, 0.1) is 0 Å². The standard InChI is InChI=1S/C17H20FNO/c1-2-19-12-15(14-4-3-5-16(18)11-14)10-13-6-8-17(20)9-7-13/h3-9,11,15,19-20H,2,10,12H2,1H3. The maximum atomic E-state index is 13.4. The molecule has 0 spiro atoms. The molecule has 2 aromatic rings. The molecule has 2 N–H and O–H groups in total. The van der Waals surface area contributed by atoms with E-state index < -0.39 is 0 Å². The zero-order chi connectivity index (χ0) is 14.4. The number of nitrogens with one attached hydrogen (secondary N) is 1. The summed E-state index contributed by atoms with van der Waals surface area (Å²) in [6, 6.07) is 14.0. The molecule has 1 atom stereocenters. The normalized spacial score (nSPS) is 12.3. The van der Waals surface area contributed by atoms with Crippen LogP contribution in [-0.2, 0) is 6.42 Å². The summed E-state index contributed by atoms with van der Waals surface area (Å²) in [6.07, 6.45) is 0.816. The molecule has 0 aliphatic rings. The summed E-state index contributed by atoms with van der Waals surface area (Å²) in [6.45, 7) is 3.76. The van der Waals surface area contributed by atoms with Crippen molar-refractivity contribution in [2.45, 2.75) is 19.3 Å². The van der Waals surface area contributed by atoms with Crippen LogP contribution < -0.4 is 5.32 Å².